The van der Waals surface area contributed by atoms with Gasteiger partial charge >= 0.3 is 6.11 Å². The summed E-state index contributed by atoms with van der Waals surface area (Å²) in [5, 5.41) is 0. The lowest BCUT2D eigenvalue weighted by atomic mass is 10.2. The summed E-state index contributed by atoms with van der Waals surface area (Å²) in [4.78, 5) is 4.29. The van der Waals surface area contributed by atoms with E-state index in [-0.39, 0.29) is 5.75 Å². The second-order valence-electron chi connectivity index (χ2n) is 3.95. The van der Waals surface area contributed by atoms with Crippen LogP contribution < -0.4 is 10.5 Å². The zero-order valence-corrected chi connectivity index (χ0v) is 10.6. The fourth-order valence-corrected chi connectivity index (χ4v) is 1.20. The molecule has 5 heteroatoms. The highest BCUT2D eigenvalue weighted by Gasteiger charge is 2.22. The van der Waals surface area contributed by atoms with Crippen LogP contribution in [0.1, 0.15) is 20.8 Å². The second kappa shape index (κ2) is 5.62. The summed E-state index contributed by atoms with van der Waals surface area (Å²) in [5.74, 6) is 0.102. The Hall–Kier alpha value is -1.91. The van der Waals surface area contributed by atoms with Gasteiger partial charge in [0.2, 0.25) is 0 Å². The number of hydrogen-bond donors (Lipinski definition) is 1. The Bertz CT molecular complexity index is 459. The summed E-state index contributed by atoms with van der Waals surface area (Å²) in [6.45, 7) is 4.36. The van der Waals surface area contributed by atoms with Crippen LogP contribution in [0.5, 0.6) is 5.75 Å². The molecule has 1 rings (SSSR count). The molecule has 0 spiro atoms. The van der Waals surface area contributed by atoms with Crippen molar-refractivity contribution >= 4 is 11.4 Å². The maximum atomic E-state index is 12.6. The van der Waals surface area contributed by atoms with Crippen molar-refractivity contribution in [2.45, 2.75) is 26.9 Å². The van der Waals surface area contributed by atoms with E-state index in [1.54, 1.807) is 12.1 Å². The van der Waals surface area contributed by atoms with Crippen LogP contribution in [0.2, 0.25) is 0 Å². The SMILES string of the molecule is CC(=Nc1ccc(OC(C)(F)F)cc1)/C(C)=C\N. The number of rotatable bonds is 4. The van der Waals surface area contributed by atoms with Crippen molar-refractivity contribution in [3.63, 3.8) is 0 Å². The first-order chi connectivity index (χ1) is 8.31. The van der Waals surface area contributed by atoms with Crippen molar-refractivity contribution in [3.8, 4) is 5.75 Å². The van der Waals surface area contributed by atoms with Gasteiger partial charge in [-0.05, 0) is 49.9 Å². The fourth-order valence-electron chi connectivity index (χ4n) is 1.20. The molecule has 2 N–H and O–H groups in total. The van der Waals surface area contributed by atoms with Crippen molar-refractivity contribution in [3.05, 3.63) is 36.0 Å². The van der Waals surface area contributed by atoms with Gasteiger partial charge in [-0.15, -0.1) is 0 Å². The first kappa shape index (κ1) is 14.2. The predicted molar refractivity (Wildman–Crippen MR) is 68.4 cm³/mol. The van der Waals surface area contributed by atoms with Gasteiger partial charge in [0.25, 0.3) is 0 Å². The Morgan fingerprint density at radius 3 is 2.28 bits per heavy atom. The molecule has 0 aliphatic heterocycles. The van der Waals surface area contributed by atoms with Gasteiger partial charge in [-0.25, -0.2) is 0 Å². The molecular formula is C13H16F2N2O. The van der Waals surface area contributed by atoms with Crippen LogP contribution >= 0.6 is 0 Å². The van der Waals surface area contributed by atoms with Gasteiger partial charge < -0.3 is 10.5 Å². The van der Waals surface area contributed by atoms with E-state index in [9.17, 15) is 8.78 Å². The molecule has 0 saturated carbocycles. The van der Waals surface area contributed by atoms with Gasteiger partial charge in [-0.2, -0.15) is 8.78 Å². The molecule has 0 aliphatic carbocycles. The van der Waals surface area contributed by atoms with Crippen molar-refractivity contribution in [1.82, 2.24) is 0 Å². The summed E-state index contributed by atoms with van der Waals surface area (Å²) in [7, 11) is 0. The smallest absolute Gasteiger partial charge is 0.394 e. The lowest BCUT2D eigenvalue weighted by Gasteiger charge is -2.12. The van der Waals surface area contributed by atoms with Crippen LogP contribution in [-0.2, 0) is 0 Å². The quantitative estimate of drug-likeness (QED) is 0.834. The van der Waals surface area contributed by atoms with Gasteiger partial charge in [-0.3, -0.25) is 4.99 Å². The van der Waals surface area contributed by atoms with Crippen LogP contribution in [0.4, 0.5) is 14.5 Å². The number of halogens is 2. The molecule has 0 unspecified atom stereocenters. The Kier molecular flexibility index (Phi) is 4.42. The van der Waals surface area contributed by atoms with E-state index < -0.39 is 6.11 Å². The molecule has 0 bridgehead atoms. The molecule has 0 heterocycles. The van der Waals surface area contributed by atoms with Crippen molar-refractivity contribution in [2.75, 3.05) is 0 Å². The first-order valence-electron chi connectivity index (χ1n) is 5.43. The maximum absolute atomic E-state index is 12.6. The minimum absolute atomic E-state index is 0.102. The van der Waals surface area contributed by atoms with Crippen LogP contribution in [0.15, 0.2) is 41.0 Å². The fraction of sp³-hybridized carbons (Fsp3) is 0.308. The summed E-state index contributed by atoms with van der Waals surface area (Å²) in [6.07, 6.45) is -1.71. The molecule has 0 fully saturated rings. The van der Waals surface area contributed by atoms with Gasteiger partial charge in [0.15, 0.2) is 0 Å². The molecule has 1 aromatic carbocycles. The minimum Gasteiger partial charge on any atom is -0.433 e. The number of nitrogens with two attached hydrogens (primary N) is 1. The zero-order chi connectivity index (χ0) is 13.8. The topological polar surface area (TPSA) is 47.6 Å². The van der Waals surface area contributed by atoms with Crippen LogP contribution in [-0.4, -0.2) is 11.8 Å². The van der Waals surface area contributed by atoms with Crippen LogP contribution in [0, 0.1) is 0 Å². The number of nitrogens with zero attached hydrogens (tertiary/aromatic N) is 1. The standard InChI is InChI=1S/C13H16F2N2O/c1-9(8-16)10(2)17-11-4-6-12(7-5-11)18-13(3,14)15/h4-8H,16H2,1-3H3/b9-8-,17-10?. The molecule has 98 valence electrons. The van der Waals surface area contributed by atoms with Crippen LogP contribution in [0.3, 0.4) is 0 Å². The lowest BCUT2D eigenvalue weighted by Crippen LogP contribution is -2.18. The summed E-state index contributed by atoms with van der Waals surface area (Å²) in [6, 6.07) is 6.11. The van der Waals surface area contributed by atoms with E-state index in [4.69, 9.17) is 5.73 Å². The highest BCUT2D eigenvalue weighted by Crippen LogP contribution is 2.24. The third kappa shape index (κ3) is 4.53. The molecule has 0 aromatic heterocycles. The number of aliphatic imine (C=N–C) groups is 1. The molecule has 0 saturated heterocycles. The van der Waals surface area contributed by atoms with Gasteiger partial charge in [0.05, 0.1) is 5.69 Å². The maximum Gasteiger partial charge on any atom is 0.394 e. The highest BCUT2D eigenvalue weighted by molar-refractivity contribution is 5.99. The Morgan fingerprint density at radius 2 is 1.83 bits per heavy atom. The van der Waals surface area contributed by atoms with E-state index in [2.05, 4.69) is 9.73 Å². The Morgan fingerprint density at radius 1 is 1.28 bits per heavy atom. The van der Waals surface area contributed by atoms with Crippen molar-refractivity contribution in [1.29, 1.82) is 0 Å². The minimum atomic E-state index is -3.18. The van der Waals surface area contributed by atoms with Crippen LogP contribution in [0.25, 0.3) is 0 Å². The van der Waals surface area contributed by atoms with Gasteiger partial charge in [0, 0.05) is 12.6 Å². The zero-order valence-electron chi connectivity index (χ0n) is 10.6. The van der Waals surface area contributed by atoms with E-state index >= 15 is 0 Å². The summed E-state index contributed by atoms with van der Waals surface area (Å²) >= 11 is 0. The van der Waals surface area contributed by atoms with Crippen molar-refractivity contribution in [2.24, 2.45) is 10.7 Å². The van der Waals surface area contributed by atoms with E-state index in [0.717, 1.165) is 11.3 Å². The van der Waals surface area contributed by atoms with Gasteiger partial charge in [-0.1, -0.05) is 0 Å². The van der Waals surface area contributed by atoms with Gasteiger partial charge in [0.1, 0.15) is 5.75 Å². The highest BCUT2D eigenvalue weighted by atomic mass is 19.3. The third-order valence-corrected chi connectivity index (χ3v) is 2.25. The average molecular weight is 254 g/mol. The summed E-state index contributed by atoms with van der Waals surface area (Å²) in [5.41, 5.74) is 7.65. The Balaban J connectivity index is 2.84. The number of allylic oxidation sites excluding steroid dienone is 1. The van der Waals surface area contributed by atoms with Crippen molar-refractivity contribution < 1.29 is 13.5 Å². The molecule has 3 nitrogen and oxygen atoms in total. The predicted octanol–water partition coefficient (Wildman–Crippen LogP) is 3.63. The molecule has 0 aliphatic rings. The summed E-state index contributed by atoms with van der Waals surface area (Å²) < 4.78 is 29.6. The molecule has 18 heavy (non-hydrogen) atoms. The second-order valence-corrected chi connectivity index (χ2v) is 3.95. The number of benzene rings is 1. The van der Waals surface area contributed by atoms with E-state index in [1.807, 2.05) is 13.8 Å². The molecule has 0 atom stereocenters. The number of ether oxygens (including phenoxy) is 1. The average Bonchev–Trinajstić information content (AvgIpc) is 2.28. The molecule has 0 radical (unpaired) electrons. The van der Waals surface area contributed by atoms with E-state index in [1.165, 1.54) is 18.3 Å². The first-order valence-corrected chi connectivity index (χ1v) is 5.43. The monoisotopic (exact) mass is 254 g/mol. The van der Waals surface area contributed by atoms with E-state index in [0.29, 0.717) is 12.6 Å². The molecule has 1 aromatic rings. The largest absolute Gasteiger partial charge is 0.433 e. The normalized spacial score (nSPS) is 13.6. The Labute approximate surface area is 105 Å². The molecule has 0 amide bonds. The molecular weight excluding hydrogens is 238 g/mol. The number of alkyl halides is 2. The lowest BCUT2D eigenvalue weighted by molar-refractivity contribution is -0.158. The number of hydrogen-bond acceptors (Lipinski definition) is 3. The third-order valence-electron chi connectivity index (χ3n) is 2.25.